The molecule has 1 aliphatic rings. The van der Waals surface area contributed by atoms with Crippen molar-refractivity contribution in [3.05, 3.63) is 59.7 Å². The predicted molar refractivity (Wildman–Crippen MR) is 98.5 cm³/mol. The van der Waals surface area contributed by atoms with E-state index in [0.717, 1.165) is 44.4 Å². The normalized spacial score (nSPS) is 18.7. The molecule has 0 amide bonds. The Balaban J connectivity index is 1.47. The predicted octanol–water partition coefficient (Wildman–Crippen LogP) is 2.95. The lowest BCUT2D eigenvalue weighted by atomic mass is 10.0. The largest absolute Gasteiger partial charge is 0.374 e. The third-order valence-corrected chi connectivity index (χ3v) is 4.84. The number of rotatable bonds is 4. The maximum absolute atomic E-state index is 5.97. The fraction of sp³-hybridized carbons (Fsp3) is 0.400. The number of aryl methyl sites for hydroxylation is 2. The summed E-state index contributed by atoms with van der Waals surface area (Å²) in [5.74, 6) is 1.77. The Labute approximate surface area is 148 Å². The van der Waals surface area contributed by atoms with E-state index in [1.54, 1.807) is 0 Å². The number of aromatic nitrogens is 3. The molecule has 1 unspecified atom stereocenters. The molecule has 4 rings (SSSR count). The van der Waals surface area contributed by atoms with Crippen molar-refractivity contribution in [2.45, 2.75) is 33.0 Å². The van der Waals surface area contributed by atoms with Crippen molar-refractivity contribution in [2.75, 3.05) is 19.7 Å². The third kappa shape index (κ3) is 3.57. The van der Waals surface area contributed by atoms with Crippen LogP contribution < -0.4 is 0 Å². The van der Waals surface area contributed by atoms with Crippen molar-refractivity contribution in [1.29, 1.82) is 0 Å². The molecule has 1 atom stereocenters. The van der Waals surface area contributed by atoms with Crippen LogP contribution in [0.3, 0.4) is 0 Å². The van der Waals surface area contributed by atoms with Gasteiger partial charge in [0.1, 0.15) is 11.6 Å². The van der Waals surface area contributed by atoms with Crippen molar-refractivity contribution < 1.29 is 4.74 Å². The molecule has 0 N–H and O–H groups in total. The van der Waals surface area contributed by atoms with Crippen molar-refractivity contribution in [1.82, 2.24) is 19.7 Å². The molecule has 3 aromatic rings. The number of benzene rings is 2. The second-order valence-corrected chi connectivity index (χ2v) is 6.75. The van der Waals surface area contributed by atoms with E-state index in [1.807, 2.05) is 18.5 Å². The molecule has 0 spiro atoms. The third-order valence-electron chi connectivity index (χ3n) is 4.84. The molecule has 5 nitrogen and oxygen atoms in total. The minimum Gasteiger partial charge on any atom is -0.374 e. The topological polar surface area (TPSA) is 43.2 Å². The standard InChI is InChI=1S/C20H24N4O/c1-15-21-16(2)24(22-15)14-19-13-23(10-11-25-19)12-18-8-5-7-17-6-3-4-9-20(17)18/h3-9,19H,10-14H2,1-2H3. The van der Waals surface area contributed by atoms with E-state index in [0.29, 0.717) is 0 Å². The Morgan fingerprint density at radius 1 is 1.12 bits per heavy atom. The van der Waals surface area contributed by atoms with Gasteiger partial charge >= 0.3 is 0 Å². The molecule has 2 heterocycles. The van der Waals surface area contributed by atoms with E-state index in [-0.39, 0.29) is 6.10 Å². The Bertz CT molecular complexity index is 868. The van der Waals surface area contributed by atoms with Crippen LogP contribution in [0.25, 0.3) is 10.8 Å². The van der Waals surface area contributed by atoms with Crippen molar-refractivity contribution in [3.63, 3.8) is 0 Å². The molecule has 1 aliphatic heterocycles. The maximum Gasteiger partial charge on any atom is 0.147 e. The van der Waals surface area contributed by atoms with Gasteiger partial charge in [-0.2, -0.15) is 5.10 Å². The number of nitrogens with zero attached hydrogens (tertiary/aromatic N) is 4. The van der Waals surface area contributed by atoms with Gasteiger partial charge in [0.05, 0.1) is 19.3 Å². The number of ether oxygens (including phenoxy) is 1. The van der Waals surface area contributed by atoms with Gasteiger partial charge in [0, 0.05) is 19.6 Å². The van der Waals surface area contributed by atoms with Crippen LogP contribution in [0.15, 0.2) is 42.5 Å². The molecule has 0 radical (unpaired) electrons. The first-order valence-corrected chi connectivity index (χ1v) is 8.88. The number of hydrogen-bond donors (Lipinski definition) is 0. The van der Waals surface area contributed by atoms with Gasteiger partial charge < -0.3 is 4.74 Å². The minimum atomic E-state index is 0.156. The summed E-state index contributed by atoms with van der Waals surface area (Å²) < 4.78 is 7.93. The number of morpholine rings is 1. The van der Waals surface area contributed by atoms with Crippen molar-refractivity contribution in [2.24, 2.45) is 0 Å². The monoisotopic (exact) mass is 336 g/mol. The summed E-state index contributed by atoms with van der Waals surface area (Å²) in [6, 6.07) is 15.2. The van der Waals surface area contributed by atoms with Crippen molar-refractivity contribution in [3.8, 4) is 0 Å². The molecule has 1 saturated heterocycles. The summed E-state index contributed by atoms with van der Waals surface area (Å²) in [6.45, 7) is 8.29. The highest BCUT2D eigenvalue weighted by molar-refractivity contribution is 5.85. The molecule has 1 fully saturated rings. The van der Waals surface area contributed by atoms with E-state index < -0.39 is 0 Å². The van der Waals surface area contributed by atoms with Crippen LogP contribution in [0, 0.1) is 13.8 Å². The maximum atomic E-state index is 5.97. The molecule has 130 valence electrons. The van der Waals surface area contributed by atoms with Crippen LogP contribution >= 0.6 is 0 Å². The van der Waals surface area contributed by atoms with Crippen molar-refractivity contribution >= 4 is 10.8 Å². The molecular weight excluding hydrogens is 312 g/mol. The lowest BCUT2D eigenvalue weighted by Crippen LogP contribution is -2.44. The lowest BCUT2D eigenvalue weighted by molar-refractivity contribution is -0.0404. The molecule has 2 aromatic carbocycles. The second kappa shape index (κ2) is 6.94. The Morgan fingerprint density at radius 3 is 2.80 bits per heavy atom. The van der Waals surface area contributed by atoms with Gasteiger partial charge in [0.2, 0.25) is 0 Å². The van der Waals surface area contributed by atoms with Crippen LogP contribution in [-0.4, -0.2) is 45.5 Å². The summed E-state index contributed by atoms with van der Waals surface area (Å²) in [4.78, 5) is 6.86. The zero-order valence-corrected chi connectivity index (χ0v) is 14.9. The Hall–Kier alpha value is -2.24. The Kier molecular flexibility index (Phi) is 4.51. The summed E-state index contributed by atoms with van der Waals surface area (Å²) >= 11 is 0. The van der Waals surface area contributed by atoms with Gasteiger partial charge in [0.25, 0.3) is 0 Å². The molecule has 5 heteroatoms. The van der Waals surface area contributed by atoms with Gasteiger partial charge in [-0.05, 0) is 30.2 Å². The summed E-state index contributed by atoms with van der Waals surface area (Å²) in [5.41, 5.74) is 1.38. The summed E-state index contributed by atoms with van der Waals surface area (Å²) in [7, 11) is 0. The second-order valence-electron chi connectivity index (χ2n) is 6.75. The van der Waals surface area contributed by atoms with Crippen LogP contribution in [0.2, 0.25) is 0 Å². The van der Waals surface area contributed by atoms with Gasteiger partial charge in [-0.25, -0.2) is 9.67 Å². The molecule has 0 bridgehead atoms. The molecule has 0 aliphatic carbocycles. The molecule has 0 saturated carbocycles. The zero-order chi connectivity index (χ0) is 17.2. The number of fused-ring (bicyclic) bond motifs is 1. The summed E-state index contributed by atoms with van der Waals surface area (Å²) in [5, 5.41) is 7.11. The van der Waals surface area contributed by atoms with E-state index in [1.165, 1.54) is 16.3 Å². The van der Waals surface area contributed by atoms with E-state index in [4.69, 9.17) is 4.74 Å². The average molecular weight is 336 g/mol. The first-order chi connectivity index (χ1) is 12.2. The first kappa shape index (κ1) is 16.2. The van der Waals surface area contributed by atoms with Crippen LogP contribution in [0.1, 0.15) is 17.2 Å². The van der Waals surface area contributed by atoms with Gasteiger partial charge in [-0.1, -0.05) is 42.5 Å². The quantitative estimate of drug-likeness (QED) is 0.735. The number of hydrogen-bond acceptors (Lipinski definition) is 4. The highest BCUT2D eigenvalue weighted by atomic mass is 16.5. The van der Waals surface area contributed by atoms with E-state index >= 15 is 0 Å². The van der Waals surface area contributed by atoms with Gasteiger partial charge in [-0.3, -0.25) is 4.90 Å². The van der Waals surface area contributed by atoms with Gasteiger partial charge in [0.15, 0.2) is 0 Å². The molecule has 25 heavy (non-hydrogen) atoms. The summed E-state index contributed by atoms with van der Waals surface area (Å²) in [6.07, 6.45) is 0.156. The van der Waals surface area contributed by atoms with Crippen LogP contribution in [0.4, 0.5) is 0 Å². The van der Waals surface area contributed by atoms with E-state index in [2.05, 4.69) is 57.4 Å². The lowest BCUT2D eigenvalue weighted by Gasteiger charge is -2.33. The van der Waals surface area contributed by atoms with Gasteiger partial charge in [-0.15, -0.1) is 0 Å². The first-order valence-electron chi connectivity index (χ1n) is 8.88. The molecule has 1 aromatic heterocycles. The van der Waals surface area contributed by atoms with E-state index in [9.17, 15) is 0 Å². The average Bonchev–Trinajstić information content (AvgIpc) is 2.93. The fourth-order valence-electron chi connectivity index (χ4n) is 3.63. The highest BCUT2D eigenvalue weighted by Gasteiger charge is 2.22. The smallest absolute Gasteiger partial charge is 0.147 e. The SMILES string of the molecule is Cc1nc(C)n(CC2CN(Cc3cccc4ccccc34)CCO2)n1. The molecular formula is C20H24N4O. The fourth-order valence-corrected chi connectivity index (χ4v) is 3.63. The Morgan fingerprint density at radius 2 is 1.96 bits per heavy atom. The minimum absolute atomic E-state index is 0.156. The zero-order valence-electron chi connectivity index (χ0n) is 14.9. The van der Waals surface area contributed by atoms with Crippen LogP contribution in [-0.2, 0) is 17.8 Å². The van der Waals surface area contributed by atoms with Crippen LogP contribution in [0.5, 0.6) is 0 Å². The highest BCUT2D eigenvalue weighted by Crippen LogP contribution is 2.21.